The summed E-state index contributed by atoms with van der Waals surface area (Å²) in [5, 5.41) is 5.80. The molecule has 188 valence electrons. The van der Waals surface area contributed by atoms with Crippen LogP contribution in [0.2, 0.25) is 0 Å². The fourth-order valence-electron chi connectivity index (χ4n) is 4.13. The van der Waals surface area contributed by atoms with Gasteiger partial charge in [0.05, 0.1) is 5.69 Å². The zero-order valence-electron chi connectivity index (χ0n) is 20.5. The molecule has 0 aliphatic rings. The highest BCUT2D eigenvalue weighted by Crippen LogP contribution is 2.21. The molecule has 4 rings (SSSR count). The molecule has 5 nitrogen and oxygen atoms in total. The topological polar surface area (TPSA) is 61.4 Å². The van der Waals surface area contributed by atoms with Crippen molar-refractivity contribution in [3.05, 3.63) is 136 Å². The first-order valence-electron chi connectivity index (χ1n) is 12.3. The van der Waals surface area contributed by atoms with E-state index in [1.807, 2.05) is 102 Å². The van der Waals surface area contributed by atoms with Crippen LogP contribution in [0.3, 0.4) is 0 Å². The van der Waals surface area contributed by atoms with Crippen LogP contribution in [0.1, 0.15) is 16.7 Å². The predicted octanol–water partition coefficient (Wildman–Crippen LogP) is 6.45. The highest BCUT2D eigenvalue weighted by molar-refractivity contribution is 9.10. The molecule has 4 aromatic carbocycles. The molecular formula is C31H30BrN3O2. The molecule has 0 radical (unpaired) electrons. The molecule has 1 unspecified atom stereocenters. The molecule has 0 fully saturated rings. The number of hydrogen-bond acceptors (Lipinski definition) is 2. The van der Waals surface area contributed by atoms with E-state index in [2.05, 4.69) is 38.7 Å². The van der Waals surface area contributed by atoms with Crippen LogP contribution in [0.4, 0.5) is 10.5 Å². The van der Waals surface area contributed by atoms with Crippen molar-refractivity contribution in [3.63, 3.8) is 0 Å². The van der Waals surface area contributed by atoms with E-state index in [0.29, 0.717) is 25.2 Å². The van der Waals surface area contributed by atoms with Crippen molar-refractivity contribution < 1.29 is 9.59 Å². The number of benzene rings is 4. The Hall–Kier alpha value is -3.90. The number of urea groups is 1. The van der Waals surface area contributed by atoms with E-state index in [1.54, 1.807) is 6.07 Å². The molecule has 0 saturated carbocycles. The number of carbonyl (C=O) groups excluding carboxylic acids is 2. The maximum absolute atomic E-state index is 14.0. The number of amides is 3. The maximum atomic E-state index is 14.0. The van der Waals surface area contributed by atoms with Crippen LogP contribution in [0.15, 0.2) is 120 Å². The second kappa shape index (κ2) is 13.4. The number of carbonyl (C=O) groups is 2. The molecule has 37 heavy (non-hydrogen) atoms. The number of anilines is 1. The minimum atomic E-state index is -0.732. The largest absolute Gasteiger partial charge is 0.336 e. The molecule has 0 saturated heterocycles. The summed E-state index contributed by atoms with van der Waals surface area (Å²) >= 11 is 3.46. The van der Waals surface area contributed by atoms with Crippen molar-refractivity contribution in [1.29, 1.82) is 0 Å². The van der Waals surface area contributed by atoms with E-state index in [0.717, 1.165) is 27.6 Å². The first-order valence-corrected chi connectivity index (χ1v) is 13.1. The monoisotopic (exact) mass is 555 g/mol. The maximum Gasteiger partial charge on any atom is 0.319 e. The third-order valence-corrected chi connectivity index (χ3v) is 6.74. The lowest BCUT2D eigenvalue weighted by atomic mass is 10.0. The van der Waals surface area contributed by atoms with E-state index >= 15 is 0 Å². The number of halogens is 1. The summed E-state index contributed by atoms with van der Waals surface area (Å²) in [6.07, 6.45) is 1.11. The summed E-state index contributed by atoms with van der Waals surface area (Å²) < 4.78 is 0.768. The Balaban J connectivity index is 1.56. The molecule has 0 aliphatic carbocycles. The number of nitrogens with one attached hydrogen (secondary N) is 2. The van der Waals surface area contributed by atoms with E-state index in [1.165, 1.54) is 0 Å². The number of nitrogens with zero attached hydrogens (tertiary/aromatic N) is 1. The number of rotatable bonds is 10. The molecule has 4 aromatic rings. The molecule has 0 aliphatic heterocycles. The second-order valence-electron chi connectivity index (χ2n) is 8.80. The van der Waals surface area contributed by atoms with Gasteiger partial charge < -0.3 is 15.5 Å². The Morgan fingerprint density at radius 1 is 0.703 bits per heavy atom. The number of para-hydroxylation sites is 1. The van der Waals surface area contributed by atoms with Crippen molar-refractivity contribution in [2.45, 2.75) is 25.4 Å². The Bertz CT molecular complexity index is 1280. The van der Waals surface area contributed by atoms with Gasteiger partial charge in [-0.25, -0.2) is 4.79 Å². The van der Waals surface area contributed by atoms with Gasteiger partial charge in [-0.1, -0.05) is 103 Å². The van der Waals surface area contributed by atoms with Gasteiger partial charge >= 0.3 is 6.03 Å². The normalized spacial score (nSPS) is 11.4. The van der Waals surface area contributed by atoms with Gasteiger partial charge in [-0.15, -0.1) is 0 Å². The van der Waals surface area contributed by atoms with Gasteiger partial charge in [-0.05, 0) is 51.2 Å². The molecule has 2 N–H and O–H groups in total. The van der Waals surface area contributed by atoms with Crippen molar-refractivity contribution in [3.8, 4) is 0 Å². The van der Waals surface area contributed by atoms with E-state index in [9.17, 15) is 9.59 Å². The van der Waals surface area contributed by atoms with Crippen LogP contribution in [0, 0.1) is 0 Å². The number of hydrogen-bond donors (Lipinski definition) is 2. The van der Waals surface area contributed by atoms with Crippen molar-refractivity contribution >= 4 is 33.6 Å². The third kappa shape index (κ3) is 8.05. The van der Waals surface area contributed by atoms with Gasteiger partial charge in [0.1, 0.15) is 6.04 Å². The summed E-state index contributed by atoms with van der Waals surface area (Å²) in [4.78, 5) is 28.9. The average molecular weight is 557 g/mol. The minimum absolute atomic E-state index is 0.120. The molecule has 0 bridgehead atoms. The van der Waals surface area contributed by atoms with Gasteiger partial charge in [-0.3, -0.25) is 4.79 Å². The van der Waals surface area contributed by atoms with Crippen LogP contribution >= 0.6 is 15.9 Å². The lowest BCUT2D eigenvalue weighted by molar-refractivity contribution is -0.133. The molecule has 0 spiro atoms. The summed E-state index contributed by atoms with van der Waals surface area (Å²) in [5.41, 5.74) is 3.81. The highest BCUT2D eigenvalue weighted by Gasteiger charge is 2.27. The second-order valence-corrected chi connectivity index (χ2v) is 9.66. The minimum Gasteiger partial charge on any atom is -0.336 e. The lowest BCUT2D eigenvalue weighted by Crippen LogP contribution is -2.51. The van der Waals surface area contributed by atoms with E-state index in [4.69, 9.17) is 0 Å². The molecule has 0 heterocycles. The van der Waals surface area contributed by atoms with Gasteiger partial charge in [0, 0.05) is 24.0 Å². The molecule has 1 atom stereocenters. The standard InChI is InChI=1S/C31H30BrN3O2/c32-27-18-10-11-19-28(27)33-31(37)34-29(22-25-14-6-2-7-15-25)30(36)35(23-26-16-8-3-9-17-26)21-20-24-12-4-1-5-13-24/h1-19,29H,20-23H2,(H2,33,34,37). The van der Waals surface area contributed by atoms with Crippen LogP contribution in [0.25, 0.3) is 0 Å². The summed E-state index contributed by atoms with van der Waals surface area (Å²) in [6.45, 7) is 1.00. The Labute approximate surface area is 226 Å². The van der Waals surface area contributed by atoms with Gasteiger partial charge in [0.15, 0.2) is 0 Å². The van der Waals surface area contributed by atoms with Crippen molar-refractivity contribution in [1.82, 2.24) is 10.2 Å². The SMILES string of the molecule is O=C(Nc1ccccc1Br)NC(Cc1ccccc1)C(=O)N(CCc1ccccc1)Cc1ccccc1. The molecular weight excluding hydrogens is 526 g/mol. The summed E-state index contributed by atoms with van der Waals surface area (Å²) in [6, 6.07) is 36.1. The lowest BCUT2D eigenvalue weighted by Gasteiger charge is -2.28. The first kappa shape index (κ1) is 26.2. The summed E-state index contributed by atoms with van der Waals surface area (Å²) in [7, 11) is 0. The zero-order chi connectivity index (χ0) is 25.9. The van der Waals surface area contributed by atoms with Crippen molar-refractivity contribution in [2.24, 2.45) is 0 Å². The van der Waals surface area contributed by atoms with Crippen LogP contribution in [-0.4, -0.2) is 29.4 Å². The van der Waals surface area contributed by atoms with Crippen LogP contribution in [-0.2, 0) is 24.2 Å². The third-order valence-electron chi connectivity index (χ3n) is 6.05. The summed E-state index contributed by atoms with van der Waals surface area (Å²) in [5.74, 6) is -0.120. The van der Waals surface area contributed by atoms with Gasteiger partial charge in [0.25, 0.3) is 0 Å². The average Bonchev–Trinajstić information content (AvgIpc) is 2.93. The van der Waals surface area contributed by atoms with Gasteiger partial charge in [-0.2, -0.15) is 0 Å². The molecule has 3 amide bonds. The van der Waals surface area contributed by atoms with Crippen molar-refractivity contribution in [2.75, 3.05) is 11.9 Å². The van der Waals surface area contributed by atoms with E-state index in [-0.39, 0.29) is 5.91 Å². The fourth-order valence-corrected chi connectivity index (χ4v) is 4.51. The van der Waals surface area contributed by atoms with Gasteiger partial charge in [0.2, 0.25) is 5.91 Å². The smallest absolute Gasteiger partial charge is 0.319 e. The Morgan fingerprint density at radius 2 is 1.24 bits per heavy atom. The van der Waals surface area contributed by atoms with Crippen LogP contribution in [0.5, 0.6) is 0 Å². The van der Waals surface area contributed by atoms with Crippen LogP contribution < -0.4 is 10.6 Å². The van der Waals surface area contributed by atoms with E-state index < -0.39 is 12.1 Å². The fraction of sp³-hybridized carbons (Fsp3) is 0.161. The molecule has 0 aromatic heterocycles. The Morgan fingerprint density at radius 3 is 1.86 bits per heavy atom. The quantitative estimate of drug-likeness (QED) is 0.236. The zero-order valence-corrected chi connectivity index (χ0v) is 22.1. The highest BCUT2D eigenvalue weighted by atomic mass is 79.9. The predicted molar refractivity (Wildman–Crippen MR) is 152 cm³/mol. The first-order chi connectivity index (χ1) is 18.1. The Kier molecular flexibility index (Phi) is 9.49. The molecule has 6 heteroatoms.